The zero-order chi connectivity index (χ0) is 28.2. The molecule has 204 valence electrons. The summed E-state index contributed by atoms with van der Waals surface area (Å²) in [7, 11) is 1.39. The number of imidazole rings is 1. The highest BCUT2D eigenvalue weighted by Gasteiger charge is 2.31. The number of hydrogen-bond acceptors (Lipinski definition) is 7. The molecule has 2 aromatic heterocycles. The molecule has 9 nitrogen and oxygen atoms in total. The average Bonchev–Trinajstić information content (AvgIpc) is 3.59. The largest absolute Gasteiger partial charge is 0.494 e. The lowest BCUT2D eigenvalue weighted by Gasteiger charge is -2.13. The van der Waals surface area contributed by atoms with E-state index in [1.54, 1.807) is 36.2 Å². The second-order valence-corrected chi connectivity index (χ2v) is 9.20. The van der Waals surface area contributed by atoms with Crippen LogP contribution in [0.15, 0.2) is 54.9 Å². The van der Waals surface area contributed by atoms with Crippen molar-refractivity contribution in [1.29, 1.82) is 0 Å². The lowest BCUT2D eigenvalue weighted by molar-refractivity contribution is -0.142. The Labute approximate surface area is 230 Å². The smallest absolute Gasteiger partial charge is 0.303 e. The molecule has 1 aliphatic rings. The molecule has 0 radical (unpaired) electrons. The van der Waals surface area contributed by atoms with Crippen molar-refractivity contribution in [3.63, 3.8) is 0 Å². The fourth-order valence-electron chi connectivity index (χ4n) is 4.77. The van der Waals surface area contributed by atoms with Crippen molar-refractivity contribution < 1.29 is 28.2 Å². The number of fused-ring (bicyclic) bond motifs is 1. The molecular formula is C30H27FN4O5. The second-order valence-electron chi connectivity index (χ2n) is 9.20. The maximum absolute atomic E-state index is 14.6. The van der Waals surface area contributed by atoms with E-state index in [1.165, 1.54) is 26.2 Å². The summed E-state index contributed by atoms with van der Waals surface area (Å²) < 4.78 is 32.6. The summed E-state index contributed by atoms with van der Waals surface area (Å²) >= 11 is 0. The van der Waals surface area contributed by atoms with Crippen LogP contribution in [-0.4, -0.2) is 51.3 Å². The van der Waals surface area contributed by atoms with Gasteiger partial charge in [-0.15, -0.1) is 0 Å². The van der Waals surface area contributed by atoms with E-state index in [4.69, 9.17) is 19.2 Å². The van der Waals surface area contributed by atoms with E-state index in [-0.39, 0.29) is 29.9 Å². The van der Waals surface area contributed by atoms with Crippen molar-refractivity contribution in [2.45, 2.75) is 32.8 Å². The number of carbonyl (C=O) groups is 2. The molecule has 1 unspecified atom stereocenters. The molecule has 10 heteroatoms. The van der Waals surface area contributed by atoms with Crippen molar-refractivity contribution in [3.05, 3.63) is 72.2 Å². The van der Waals surface area contributed by atoms with Crippen LogP contribution in [0.4, 0.5) is 4.39 Å². The third-order valence-electron chi connectivity index (χ3n) is 6.65. The van der Waals surface area contributed by atoms with Gasteiger partial charge in [-0.1, -0.05) is 12.0 Å². The monoisotopic (exact) mass is 542 g/mol. The quantitative estimate of drug-likeness (QED) is 0.246. The van der Waals surface area contributed by atoms with Gasteiger partial charge in [0.15, 0.2) is 11.5 Å². The molecule has 0 aliphatic carbocycles. The van der Waals surface area contributed by atoms with Crippen molar-refractivity contribution in [2.24, 2.45) is 0 Å². The van der Waals surface area contributed by atoms with E-state index >= 15 is 0 Å². The summed E-state index contributed by atoms with van der Waals surface area (Å²) in [6.45, 7) is 4.04. The van der Waals surface area contributed by atoms with Gasteiger partial charge in [0.1, 0.15) is 23.9 Å². The lowest BCUT2D eigenvalue weighted by atomic mass is 10.1. The Morgan fingerprint density at radius 2 is 1.93 bits per heavy atom. The summed E-state index contributed by atoms with van der Waals surface area (Å²) in [5.74, 6) is 5.38. The van der Waals surface area contributed by atoms with Crippen LogP contribution in [0.1, 0.15) is 37.7 Å². The van der Waals surface area contributed by atoms with Crippen molar-refractivity contribution in [2.75, 3.05) is 20.2 Å². The van der Waals surface area contributed by atoms with Gasteiger partial charge in [-0.05, 0) is 55.7 Å². The van der Waals surface area contributed by atoms with Crippen LogP contribution in [0.2, 0.25) is 0 Å². The van der Waals surface area contributed by atoms with E-state index in [1.807, 2.05) is 22.7 Å². The predicted octanol–water partition coefficient (Wildman–Crippen LogP) is 4.74. The van der Waals surface area contributed by atoms with Crippen molar-refractivity contribution >= 4 is 17.4 Å². The van der Waals surface area contributed by atoms with Crippen LogP contribution in [0, 0.1) is 17.7 Å². The second kappa shape index (κ2) is 11.5. The highest BCUT2D eigenvalue weighted by molar-refractivity contribution is 5.93. The Morgan fingerprint density at radius 1 is 1.15 bits per heavy atom. The normalized spacial score (nSPS) is 14.5. The number of halogens is 1. The minimum Gasteiger partial charge on any atom is -0.494 e. The van der Waals surface area contributed by atoms with Gasteiger partial charge in [-0.2, -0.15) is 4.39 Å². The number of methoxy groups -OCH3 is 1. The number of nitrogens with zero attached hydrogens (tertiary/aromatic N) is 4. The van der Waals surface area contributed by atoms with E-state index < -0.39 is 11.8 Å². The van der Waals surface area contributed by atoms with Crippen LogP contribution in [0.3, 0.4) is 0 Å². The number of benzene rings is 2. The Hall–Kier alpha value is -4.91. The molecule has 2 aromatic carbocycles. The molecule has 0 spiro atoms. The molecule has 1 fully saturated rings. The number of ether oxygens (including phenoxy) is 3. The molecule has 0 saturated carbocycles. The maximum Gasteiger partial charge on any atom is 0.303 e. The maximum atomic E-state index is 14.6. The number of esters is 1. The van der Waals surface area contributed by atoms with Gasteiger partial charge in [0.2, 0.25) is 5.82 Å². The first-order chi connectivity index (χ1) is 19.4. The SMILES string of the molecule is CC#CC(=O)N1CCC(c2nc(-c3ccc(Oc4cccc(OC)c4F)cc3)c3c(COC(C)=O)nccn23)C1. The molecule has 1 saturated heterocycles. The molecule has 1 aliphatic heterocycles. The number of hydrogen-bond donors (Lipinski definition) is 0. The van der Waals surface area contributed by atoms with E-state index in [0.29, 0.717) is 35.7 Å². The Bertz CT molecular complexity index is 1640. The summed E-state index contributed by atoms with van der Waals surface area (Å²) in [5, 5.41) is 0. The Kier molecular flexibility index (Phi) is 7.64. The molecule has 5 rings (SSSR count). The van der Waals surface area contributed by atoms with E-state index in [2.05, 4.69) is 16.8 Å². The number of likely N-dealkylation sites (tertiary alicyclic amines) is 1. The number of amides is 1. The van der Waals surface area contributed by atoms with Gasteiger partial charge in [0.05, 0.1) is 18.3 Å². The van der Waals surface area contributed by atoms with Crippen LogP contribution < -0.4 is 9.47 Å². The fourth-order valence-corrected chi connectivity index (χ4v) is 4.77. The van der Waals surface area contributed by atoms with Crippen molar-refractivity contribution in [1.82, 2.24) is 19.3 Å². The van der Waals surface area contributed by atoms with Crippen LogP contribution >= 0.6 is 0 Å². The summed E-state index contributed by atoms with van der Waals surface area (Å²) in [6, 6.07) is 11.8. The van der Waals surface area contributed by atoms with E-state index in [9.17, 15) is 14.0 Å². The van der Waals surface area contributed by atoms with Gasteiger partial charge < -0.3 is 19.1 Å². The first-order valence-electron chi connectivity index (χ1n) is 12.7. The summed E-state index contributed by atoms with van der Waals surface area (Å²) in [6.07, 6.45) is 4.19. The van der Waals surface area contributed by atoms with Gasteiger partial charge in [0.25, 0.3) is 5.91 Å². The molecule has 40 heavy (non-hydrogen) atoms. The molecular weight excluding hydrogens is 515 g/mol. The van der Waals surface area contributed by atoms with Crippen molar-refractivity contribution in [3.8, 4) is 40.3 Å². The third-order valence-corrected chi connectivity index (χ3v) is 6.65. The zero-order valence-electron chi connectivity index (χ0n) is 22.3. The number of aromatic nitrogens is 3. The molecule has 3 heterocycles. The van der Waals surface area contributed by atoms with Gasteiger partial charge in [0, 0.05) is 43.9 Å². The molecule has 0 bridgehead atoms. The minimum atomic E-state index is -0.589. The van der Waals surface area contributed by atoms with Gasteiger partial charge in [-0.3, -0.25) is 19.0 Å². The highest BCUT2D eigenvalue weighted by Crippen LogP contribution is 2.35. The Balaban J connectivity index is 1.51. The van der Waals surface area contributed by atoms with Crippen LogP contribution in [0.5, 0.6) is 17.2 Å². The predicted molar refractivity (Wildman–Crippen MR) is 144 cm³/mol. The summed E-state index contributed by atoms with van der Waals surface area (Å²) in [4.78, 5) is 35.1. The highest BCUT2D eigenvalue weighted by atomic mass is 19.1. The van der Waals surface area contributed by atoms with E-state index in [0.717, 1.165) is 17.8 Å². The third kappa shape index (κ3) is 5.31. The molecule has 1 atom stereocenters. The van der Waals surface area contributed by atoms with Crippen LogP contribution in [0.25, 0.3) is 16.8 Å². The molecule has 1 amide bonds. The molecule has 0 N–H and O–H groups in total. The first-order valence-corrected chi connectivity index (χ1v) is 12.7. The average molecular weight is 543 g/mol. The van der Waals surface area contributed by atoms with Gasteiger partial charge >= 0.3 is 5.97 Å². The number of rotatable bonds is 7. The first kappa shape index (κ1) is 26.7. The van der Waals surface area contributed by atoms with Crippen LogP contribution in [-0.2, 0) is 20.9 Å². The Morgan fingerprint density at radius 3 is 2.65 bits per heavy atom. The topological polar surface area (TPSA) is 95.3 Å². The fraction of sp³-hybridized carbons (Fsp3) is 0.267. The molecule has 4 aromatic rings. The zero-order valence-corrected chi connectivity index (χ0v) is 22.3. The number of carbonyl (C=O) groups excluding carboxylic acids is 2. The minimum absolute atomic E-state index is 0.0184. The summed E-state index contributed by atoms with van der Waals surface area (Å²) in [5.41, 5.74) is 2.65. The lowest BCUT2D eigenvalue weighted by Crippen LogP contribution is -2.27. The standard InChI is InChI=1S/C30H27FN4O5/c1-4-6-26(37)34-15-13-21(17-34)30-33-28(29-23(18-39-19(2)36)32-14-16-35(29)30)20-9-11-22(12-10-20)40-25-8-5-7-24(38-3)27(25)31/h5,7-12,14,16,21H,13,15,17-18H2,1-3H3. The van der Waals surface area contributed by atoms with Gasteiger partial charge in [-0.25, -0.2) is 4.98 Å².